The van der Waals surface area contributed by atoms with Gasteiger partial charge in [-0.1, -0.05) is 29.8 Å². The van der Waals surface area contributed by atoms with Crippen molar-refractivity contribution in [3.05, 3.63) is 59.7 Å². The van der Waals surface area contributed by atoms with Gasteiger partial charge in [-0.05, 0) is 71.4 Å². The van der Waals surface area contributed by atoms with Crippen LogP contribution >= 0.6 is 0 Å². The Kier molecular flexibility index (Phi) is 9.98. The van der Waals surface area contributed by atoms with E-state index < -0.39 is 33.3 Å². The Morgan fingerprint density at radius 2 is 1.51 bits per heavy atom. The number of rotatable bonds is 6. The van der Waals surface area contributed by atoms with Gasteiger partial charge in [0, 0.05) is 6.42 Å². The van der Waals surface area contributed by atoms with E-state index in [-0.39, 0.29) is 10.7 Å². The molecule has 0 heterocycles. The van der Waals surface area contributed by atoms with Crippen LogP contribution < -0.4 is 15.8 Å². The predicted octanol–water partition coefficient (Wildman–Crippen LogP) is 3.62. The standard InChI is InChI=1S/C17H25N3O4.C7H8O3S/c1-16(2,3)24-15(22)20-17(4,5)14(21)23-12-8-6-11(7-9-12)10-13(18)19;1-6-2-4-7(5-3-6)11(8,9)10/h6-9H,10H2,1-5H3,(H3,18,19)(H,20,22);2-5H,1H3,(H,8,9,10). The molecule has 0 fully saturated rings. The van der Waals surface area contributed by atoms with E-state index >= 15 is 0 Å². The molecule has 0 saturated carbocycles. The molecule has 0 aromatic heterocycles. The van der Waals surface area contributed by atoms with Crippen LogP contribution in [0.1, 0.15) is 45.7 Å². The highest BCUT2D eigenvalue weighted by molar-refractivity contribution is 7.85. The van der Waals surface area contributed by atoms with Crippen molar-refractivity contribution in [2.24, 2.45) is 5.73 Å². The van der Waals surface area contributed by atoms with Gasteiger partial charge in [-0.15, -0.1) is 0 Å². The number of alkyl carbamates (subject to hydrolysis) is 1. The maximum Gasteiger partial charge on any atom is 0.408 e. The average Bonchev–Trinajstić information content (AvgIpc) is 2.67. The van der Waals surface area contributed by atoms with Crippen molar-refractivity contribution in [2.45, 2.75) is 64.0 Å². The third-order valence-corrected chi connectivity index (χ3v) is 5.04. The SMILES string of the molecule is CC(C)(C)OC(=O)NC(C)(C)C(=O)Oc1ccc(CC(=N)N)cc1.Cc1ccc(S(=O)(=O)O)cc1. The fraction of sp³-hybridized carbons (Fsp3) is 0.375. The van der Waals surface area contributed by atoms with Crippen LogP contribution in [0.3, 0.4) is 0 Å². The normalized spacial score (nSPS) is 11.5. The van der Waals surface area contributed by atoms with Crippen LogP contribution in [-0.4, -0.2) is 42.0 Å². The summed E-state index contributed by atoms with van der Waals surface area (Å²) in [6.45, 7) is 10.1. The summed E-state index contributed by atoms with van der Waals surface area (Å²) in [5.74, 6) is -0.221. The lowest BCUT2D eigenvalue weighted by Crippen LogP contribution is -2.52. The number of carbonyl (C=O) groups excluding carboxylic acids is 2. The van der Waals surface area contributed by atoms with Crippen LogP contribution in [0.15, 0.2) is 53.4 Å². The van der Waals surface area contributed by atoms with Gasteiger partial charge in [0.15, 0.2) is 0 Å². The first kappa shape index (κ1) is 29.6. The number of aryl methyl sites for hydroxylation is 1. The average molecular weight is 508 g/mol. The van der Waals surface area contributed by atoms with E-state index in [4.69, 9.17) is 25.2 Å². The van der Waals surface area contributed by atoms with Gasteiger partial charge in [0.1, 0.15) is 16.9 Å². The Hall–Kier alpha value is -3.44. The first-order chi connectivity index (χ1) is 15.9. The van der Waals surface area contributed by atoms with E-state index in [2.05, 4.69) is 5.32 Å². The third-order valence-electron chi connectivity index (χ3n) is 4.17. The molecule has 0 bridgehead atoms. The van der Waals surface area contributed by atoms with Gasteiger partial charge in [-0.2, -0.15) is 8.42 Å². The molecule has 0 atom stereocenters. The number of hydrogen-bond acceptors (Lipinski definition) is 7. The van der Waals surface area contributed by atoms with Crippen molar-refractivity contribution in [3.63, 3.8) is 0 Å². The van der Waals surface area contributed by atoms with Crippen LogP contribution in [0.5, 0.6) is 5.75 Å². The lowest BCUT2D eigenvalue weighted by molar-refractivity contribution is -0.140. The summed E-state index contributed by atoms with van der Waals surface area (Å²) in [6.07, 6.45) is -0.360. The maximum absolute atomic E-state index is 12.3. The van der Waals surface area contributed by atoms with Crippen molar-refractivity contribution in [2.75, 3.05) is 0 Å². The Labute approximate surface area is 206 Å². The highest BCUT2D eigenvalue weighted by atomic mass is 32.2. The van der Waals surface area contributed by atoms with Crippen LogP contribution in [0, 0.1) is 12.3 Å². The Morgan fingerprint density at radius 3 is 1.94 bits per heavy atom. The molecule has 1 amide bonds. The first-order valence-corrected chi connectivity index (χ1v) is 12.0. The number of nitrogens with one attached hydrogen (secondary N) is 2. The zero-order valence-electron chi connectivity index (χ0n) is 20.7. The van der Waals surface area contributed by atoms with Crippen molar-refractivity contribution in [3.8, 4) is 5.75 Å². The summed E-state index contributed by atoms with van der Waals surface area (Å²) in [5, 5.41) is 9.74. The highest BCUT2D eigenvalue weighted by Crippen LogP contribution is 2.17. The van der Waals surface area contributed by atoms with Crippen molar-refractivity contribution in [1.29, 1.82) is 5.41 Å². The molecule has 0 saturated heterocycles. The topological polar surface area (TPSA) is 169 Å². The molecule has 0 unspecified atom stereocenters. The smallest absolute Gasteiger partial charge is 0.408 e. The molecule has 10 nitrogen and oxygen atoms in total. The van der Waals surface area contributed by atoms with Gasteiger partial charge in [0.25, 0.3) is 10.1 Å². The largest absolute Gasteiger partial charge is 0.444 e. The number of ether oxygens (including phenoxy) is 2. The van der Waals surface area contributed by atoms with E-state index in [1.165, 1.54) is 26.0 Å². The van der Waals surface area contributed by atoms with Crippen molar-refractivity contribution in [1.82, 2.24) is 5.32 Å². The Morgan fingerprint density at radius 1 is 1.00 bits per heavy atom. The summed E-state index contributed by atoms with van der Waals surface area (Å²) in [6, 6.07) is 12.7. The molecular formula is C24H33N3O7S. The number of amides is 1. The Bertz CT molecular complexity index is 1140. The van der Waals surface area contributed by atoms with Gasteiger partial charge in [0.05, 0.1) is 10.7 Å². The quantitative estimate of drug-likeness (QED) is 0.151. The molecule has 5 N–H and O–H groups in total. The van der Waals surface area contributed by atoms with Crippen LogP contribution in [0.25, 0.3) is 0 Å². The number of nitrogens with two attached hydrogens (primary N) is 1. The zero-order chi connectivity index (χ0) is 27.0. The molecule has 2 rings (SSSR count). The summed E-state index contributed by atoms with van der Waals surface area (Å²) >= 11 is 0. The second-order valence-electron chi connectivity index (χ2n) is 9.28. The molecule has 192 valence electrons. The van der Waals surface area contributed by atoms with Gasteiger partial charge in [-0.3, -0.25) is 9.96 Å². The summed E-state index contributed by atoms with van der Waals surface area (Å²) in [5.41, 5.74) is 5.23. The fourth-order valence-electron chi connectivity index (χ4n) is 2.45. The molecule has 0 aliphatic rings. The minimum atomic E-state index is -4.02. The second kappa shape index (κ2) is 11.8. The predicted molar refractivity (Wildman–Crippen MR) is 132 cm³/mol. The molecule has 2 aromatic carbocycles. The fourth-order valence-corrected chi connectivity index (χ4v) is 2.93. The summed E-state index contributed by atoms with van der Waals surface area (Å²) in [7, 11) is -4.02. The molecule has 0 radical (unpaired) electrons. The van der Waals surface area contributed by atoms with Crippen molar-refractivity contribution >= 4 is 28.0 Å². The van der Waals surface area contributed by atoms with Gasteiger partial charge < -0.3 is 20.5 Å². The number of hydrogen-bond donors (Lipinski definition) is 4. The molecule has 35 heavy (non-hydrogen) atoms. The molecule has 0 aliphatic heterocycles. The summed E-state index contributed by atoms with van der Waals surface area (Å²) in [4.78, 5) is 24.0. The lowest BCUT2D eigenvalue weighted by atomic mass is 10.1. The van der Waals surface area contributed by atoms with Crippen LogP contribution in [0.2, 0.25) is 0 Å². The van der Waals surface area contributed by atoms with Crippen molar-refractivity contribution < 1.29 is 32.0 Å². The van der Waals surface area contributed by atoms with Crippen LogP contribution in [0.4, 0.5) is 4.79 Å². The van der Waals surface area contributed by atoms with Crippen LogP contribution in [-0.2, 0) is 26.1 Å². The third kappa shape index (κ3) is 11.5. The number of carbonyl (C=O) groups is 2. The van der Waals surface area contributed by atoms with E-state index in [0.29, 0.717) is 12.2 Å². The monoisotopic (exact) mass is 507 g/mol. The number of benzene rings is 2. The Balaban J connectivity index is 0.000000462. The highest BCUT2D eigenvalue weighted by Gasteiger charge is 2.33. The molecule has 0 spiro atoms. The van der Waals surface area contributed by atoms with E-state index in [0.717, 1.165) is 11.1 Å². The molecule has 0 aliphatic carbocycles. The first-order valence-electron chi connectivity index (χ1n) is 10.6. The minimum absolute atomic E-state index is 0.0578. The number of esters is 1. The molecular weight excluding hydrogens is 474 g/mol. The van der Waals surface area contributed by atoms with E-state index in [1.54, 1.807) is 57.2 Å². The number of amidine groups is 1. The summed E-state index contributed by atoms with van der Waals surface area (Å²) < 4.78 is 40.0. The van der Waals surface area contributed by atoms with Gasteiger partial charge in [0.2, 0.25) is 0 Å². The lowest BCUT2D eigenvalue weighted by Gasteiger charge is -2.26. The molecule has 2 aromatic rings. The van der Waals surface area contributed by atoms with Gasteiger partial charge >= 0.3 is 12.1 Å². The second-order valence-corrected chi connectivity index (χ2v) is 10.7. The molecule has 11 heteroatoms. The van der Waals surface area contributed by atoms with Gasteiger partial charge in [-0.25, -0.2) is 9.59 Å². The van der Waals surface area contributed by atoms with E-state index in [9.17, 15) is 18.0 Å². The maximum atomic E-state index is 12.3. The zero-order valence-corrected chi connectivity index (χ0v) is 21.5. The minimum Gasteiger partial charge on any atom is -0.444 e. The van der Waals surface area contributed by atoms with E-state index in [1.807, 2.05) is 6.92 Å².